The number of nitrogens with one attached hydrogen (secondary N) is 3. The maximum atomic E-state index is 12.5. The number of amides is 2. The maximum absolute atomic E-state index is 12.5. The third kappa shape index (κ3) is 4.81. The minimum Gasteiger partial charge on any atom is -0.484 e. The number of imidazole rings is 1. The predicted molar refractivity (Wildman–Crippen MR) is 129 cm³/mol. The fourth-order valence-electron chi connectivity index (χ4n) is 3.44. The lowest BCUT2D eigenvalue weighted by molar-refractivity contribution is -0.118. The van der Waals surface area contributed by atoms with Crippen molar-refractivity contribution in [2.75, 3.05) is 17.2 Å². The van der Waals surface area contributed by atoms with E-state index in [9.17, 15) is 9.59 Å². The Morgan fingerprint density at radius 2 is 1.71 bits per heavy atom. The summed E-state index contributed by atoms with van der Waals surface area (Å²) in [5.74, 6) is 0.692. The van der Waals surface area contributed by atoms with Gasteiger partial charge in [0.25, 0.3) is 11.8 Å². The lowest BCUT2D eigenvalue weighted by atomic mass is 10.2. The zero-order valence-corrected chi connectivity index (χ0v) is 17.9. The highest BCUT2D eigenvalue weighted by atomic mass is 16.5. The molecule has 168 valence electrons. The zero-order valence-electron chi connectivity index (χ0n) is 17.9. The number of nitrogens with zero attached hydrogens (tertiary/aromatic N) is 1. The molecule has 3 N–H and O–H groups in total. The van der Waals surface area contributed by atoms with Gasteiger partial charge in [0.2, 0.25) is 0 Å². The van der Waals surface area contributed by atoms with Gasteiger partial charge in [0, 0.05) is 23.0 Å². The number of rotatable bonds is 7. The third-order valence-electron chi connectivity index (χ3n) is 5.02. The molecule has 0 fully saturated rings. The summed E-state index contributed by atoms with van der Waals surface area (Å²) < 4.78 is 10.7. The summed E-state index contributed by atoms with van der Waals surface area (Å²) in [6, 6.07) is 25.2. The number of carbonyl (C=O) groups excluding carboxylic acids is 2. The molecule has 0 aliphatic carbocycles. The summed E-state index contributed by atoms with van der Waals surface area (Å²) in [6.45, 7) is -0.190. The number of aromatic nitrogens is 2. The molecule has 8 nitrogen and oxygen atoms in total. The molecular weight excluding hydrogens is 432 g/mol. The number of hydrogen-bond acceptors (Lipinski definition) is 5. The molecule has 0 saturated heterocycles. The van der Waals surface area contributed by atoms with Crippen LogP contribution in [0.1, 0.15) is 10.6 Å². The lowest BCUT2D eigenvalue weighted by Crippen LogP contribution is -2.20. The van der Waals surface area contributed by atoms with Crippen molar-refractivity contribution in [1.29, 1.82) is 0 Å². The summed E-state index contributed by atoms with van der Waals surface area (Å²) in [4.78, 5) is 32.4. The highest BCUT2D eigenvalue weighted by Gasteiger charge is 2.11. The van der Waals surface area contributed by atoms with Crippen LogP contribution >= 0.6 is 0 Å². The molecule has 0 saturated carbocycles. The van der Waals surface area contributed by atoms with E-state index in [-0.39, 0.29) is 24.2 Å². The van der Waals surface area contributed by atoms with E-state index in [1.165, 1.54) is 6.26 Å². The molecule has 0 bridgehead atoms. The Kier molecular flexibility index (Phi) is 5.77. The largest absolute Gasteiger partial charge is 0.484 e. The minimum atomic E-state index is -0.371. The van der Waals surface area contributed by atoms with Crippen LogP contribution in [0.5, 0.6) is 5.75 Å². The van der Waals surface area contributed by atoms with Gasteiger partial charge >= 0.3 is 0 Å². The Labute approximate surface area is 194 Å². The van der Waals surface area contributed by atoms with E-state index in [0.29, 0.717) is 17.1 Å². The maximum Gasteiger partial charge on any atom is 0.291 e. The summed E-state index contributed by atoms with van der Waals surface area (Å²) in [5, 5.41) is 5.56. The van der Waals surface area contributed by atoms with Gasteiger partial charge in [-0.25, -0.2) is 4.98 Å². The average molecular weight is 452 g/mol. The van der Waals surface area contributed by atoms with Gasteiger partial charge in [-0.3, -0.25) is 9.59 Å². The van der Waals surface area contributed by atoms with Crippen molar-refractivity contribution in [2.45, 2.75) is 0 Å². The standard InChI is InChI=1S/C26H20N4O4/c31-24(16-34-20-9-4-8-19(15-20)28-26(32)23-12-5-13-33-23)27-18-7-3-6-17(14-18)25-29-21-10-1-2-11-22(21)30-25/h1-15H,16H2,(H,27,31)(H,28,32)(H,29,30). The fraction of sp³-hybridized carbons (Fsp3) is 0.0385. The number of aromatic amines is 1. The predicted octanol–water partition coefficient (Wildman–Crippen LogP) is 5.09. The summed E-state index contributed by atoms with van der Waals surface area (Å²) >= 11 is 0. The number of carbonyl (C=O) groups is 2. The summed E-state index contributed by atoms with van der Waals surface area (Å²) in [5.41, 5.74) is 3.84. The van der Waals surface area contributed by atoms with Crippen LogP contribution in [0.2, 0.25) is 0 Å². The third-order valence-corrected chi connectivity index (χ3v) is 5.02. The molecule has 5 aromatic rings. The van der Waals surface area contributed by atoms with Crippen molar-refractivity contribution in [1.82, 2.24) is 9.97 Å². The Morgan fingerprint density at radius 1 is 0.882 bits per heavy atom. The molecular formula is C26H20N4O4. The number of furan rings is 1. The van der Waals surface area contributed by atoms with Crippen molar-refractivity contribution in [3.05, 3.63) is 97.0 Å². The Morgan fingerprint density at radius 3 is 2.53 bits per heavy atom. The van der Waals surface area contributed by atoms with E-state index in [4.69, 9.17) is 9.15 Å². The highest BCUT2D eigenvalue weighted by Crippen LogP contribution is 2.23. The summed E-state index contributed by atoms with van der Waals surface area (Å²) in [6.07, 6.45) is 1.43. The van der Waals surface area contributed by atoms with Gasteiger partial charge in [-0.2, -0.15) is 0 Å². The van der Waals surface area contributed by atoms with Crippen molar-refractivity contribution in [3.8, 4) is 17.1 Å². The molecule has 2 aromatic heterocycles. The van der Waals surface area contributed by atoms with Crippen LogP contribution in [0, 0.1) is 0 Å². The number of H-pyrrole nitrogens is 1. The molecule has 0 atom stereocenters. The van der Waals surface area contributed by atoms with E-state index in [2.05, 4.69) is 20.6 Å². The van der Waals surface area contributed by atoms with Gasteiger partial charge in [-0.15, -0.1) is 0 Å². The molecule has 34 heavy (non-hydrogen) atoms. The van der Waals surface area contributed by atoms with Gasteiger partial charge in [0.1, 0.15) is 11.6 Å². The molecule has 2 amide bonds. The van der Waals surface area contributed by atoms with Crippen LogP contribution < -0.4 is 15.4 Å². The van der Waals surface area contributed by atoms with Crippen molar-refractivity contribution in [3.63, 3.8) is 0 Å². The summed E-state index contributed by atoms with van der Waals surface area (Å²) in [7, 11) is 0. The van der Waals surface area contributed by atoms with Crippen molar-refractivity contribution < 1.29 is 18.7 Å². The number of ether oxygens (including phenoxy) is 1. The minimum absolute atomic E-state index is 0.190. The van der Waals surface area contributed by atoms with Gasteiger partial charge in [0.05, 0.1) is 17.3 Å². The second kappa shape index (κ2) is 9.33. The Balaban J connectivity index is 1.20. The second-order valence-corrected chi connectivity index (χ2v) is 7.48. The smallest absolute Gasteiger partial charge is 0.291 e. The molecule has 8 heteroatoms. The SMILES string of the molecule is O=C(COc1cccc(NC(=O)c2ccco2)c1)Nc1cccc(-c2nc3ccccc3[nH]2)c1. The molecule has 5 rings (SSSR count). The first-order valence-corrected chi connectivity index (χ1v) is 10.6. The van der Waals surface area contributed by atoms with Crippen LogP contribution in [0.4, 0.5) is 11.4 Å². The van der Waals surface area contributed by atoms with Crippen molar-refractivity contribution >= 4 is 34.2 Å². The monoisotopic (exact) mass is 452 g/mol. The molecule has 0 unspecified atom stereocenters. The molecule has 0 radical (unpaired) electrons. The second-order valence-electron chi connectivity index (χ2n) is 7.48. The van der Waals surface area contributed by atoms with Gasteiger partial charge in [-0.1, -0.05) is 30.3 Å². The first-order valence-electron chi connectivity index (χ1n) is 10.6. The average Bonchev–Trinajstić information content (AvgIpc) is 3.54. The number of anilines is 2. The molecule has 0 aliphatic rings. The highest BCUT2D eigenvalue weighted by molar-refractivity contribution is 6.02. The van der Waals surface area contributed by atoms with Gasteiger partial charge in [0.15, 0.2) is 12.4 Å². The number of hydrogen-bond donors (Lipinski definition) is 3. The van der Waals surface area contributed by atoms with E-state index < -0.39 is 0 Å². The fourth-order valence-corrected chi connectivity index (χ4v) is 3.44. The number of para-hydroxylation sites is 2. The van der Waals surface area contributed by atoms with Crippen LogP contribution in [-0.2, 0) is 4.79 Å². The normalized spacial score (nSPS) is 10.7. The van der Waals surface area contributed by atoms with Crippen LogP contribution in [0.25, 0.3) is 22.4 Å². The van der Waals surface area contributed by atoms with E-state index in [1.54, 1.807) is 42.5 Å². The quantitative estimate of drug-likeness (QED) is 0.319. The lowest BCUT2D eigenvalue weighted by Gasteiger charge is -2.10. The van der Waals surface area contributed by atoms with E-state index in [1.807, 2.05) is 42.5 Å². The van der Waals surface area contributed by atoms with Crippen LogP contribution in [-0.4, -0.2) is 28.4 Å². The number of fused-ring (bicyclic) bond motifs is 1. The Hall–Kier alpha value is -4.85. The Bertz CT molecular complexity index is 1420. The van der Waals surface area contributed by atoms with Gasteiger partial charge < -0.3 is 24.8 Å². The first kappa shape index (κ1) is 21.0. The van der Waals surface area contributed by atoms with Crippen LogP contribution in [0.15, 0.2) is 95.6 Å². The van der Waals surface area contributed by atoms with Gasteiger partial charge in [-0.05, 0) is 48.5 Å². The van der Waals surface area contributed by atoms with E-state index >= 15 is 0 Å². The molecule has 3 aromatic carbocycles. The van der Waals surface area contributed by atoms with E-state index in [0.717, 1.165) is 22.4 Å². The zero-order chi connectivity index (χ0) is 23.3. The van der Waals surface area contributed by atoms with Crippen molar-refractivity contribution in [2.24, 2.45) is 0 Å². The topological polar surface area (TPSA) is 109 Å². The molecule has 2 heterocycles. The first-order chi connectivity index (χ1) is 16.6. The van der Waals surface area contributed by atoms with Crippen LogP contribution in [0.3, 0.4) is 0 Å². The molecule has 0 aliphatic heterocycles. The number of benzene rings is 3. The molecule has 0 spiro atoms.